The molecule has 0 aliphatic heterocycles. The van der Waals surface area contributed by atoms with Crippen LogP contribution in [0.25, 0.3) is 10.8 Å². The number of benzene rings is 2. The van der Waals surface area contributed by atoms with E-state index >= 15 is 0 Å². The van der Waals surface area contributed by atoms with Crippen molar-refractivity contribution in [1.82, 2.24) is 0 Å². The summed E-state index contributed by atoms with van der Waals surface area (Å²) in [5.41, 5.74) is 0. The van der Waals surface area contributed by atoms with Crippen molar-refractivity contribution in [2.45, 2.75) is 37.5 Å². The Kier molecular flexibility index (Phi) is 4.94. The molecule has 0 amide bonds. The maximum atomic E-state index is 12.2. The molecule has 0 fully saturated rings. The van der Waals surface area contributed by atoms with Crippen molar-refractivity contribution >= 4 is 21.6 Å². The summed E-state index contributed by atoms with van der Waals surface area (Å²) in [6.45, 7) is 2.19. The van der Waals surface area contributed by atoms with E-state index in [0.29, 0.717) is 0 Å². The zero-order valence-corrected chi connectivity index (χ0v) is 11.7. The molecule has 2 aromatic rings. The van der Waals surface area contributed by atoms with Crippen LogP contribution in [0.3, 0.4) is 0 Å². The summed E-state index contributed by atoms with van der Waals surface area (Å²) in [6.07, 6.45) is 4.72. The van der Waals surface area contributed by atoms with Gasteiger partial charge in [0.05, 0.1) is 10.8 Å². The highest BCUT2D eigenvalue weighted by molar-refractivity contribution is 7.85. The number of fused-ring (bicyclic) bond motifs is 1. The van der Waals surface area contributed by atoms with Gasteiger partial charge in [-0.3, -0.25) is 4.21 Å². The molecule has 0 aliphatic rings. The zero-order chi connectivity index (χ0) is 12.8. The average molecular weight is 260 g/mol. The Morgan fingerprint density at radius 2 is 1.72 bits per heavy atom. The van der Waals surface area contributed by atoms with Crippen LogP contribution in [0.15, 0.2) is 47.4 Å². The Hall–Kier alpha value is -1.15. The molecular weight excluding hydrogens is 240 g/mol. The van der Waals surface area contributed by atoms with Crippen molar-refractivity contribution in [3.05, 3.63) is 42.5 Å². The van der Waals surface area contributed by atoms with Crippen molar-refractivity contribution < 1.29 is 4.21 Å². The summed E-state index contributed by atoms with van der Waals surface area (Å²) in [6, 6.07) is 14.3. The molecular formula is C16H20OS. The van der Waals surface area contributed by atoms with E-state index in [1.54, 1.807) is 0 Å². The molecule has 0 saturated carbocycles. The third-order valence-corrected chi connectivity index (χ3v) is 4.61. The van der Waals surface area contributed by atoms with Gasteiger partial charge >= 0.3 is 0 Å². The highest BCUT2D eigenvalue weighted by atomic mass is 32.2. The summed E-state index contributed by atoms with van der Waals surface area (Å²) in [4.78, 5) is 0.963. The molecule has 1 nitrogen and oxygen atoms in total. The van der Waals surface area contributed by atoms with E-state index in [9.17, 15) is 4.21 Å². The van der Waals surface area contributed by atoms with Crippen LogP contribution < -0.4 is 0 Å². The summed E-state index contributed by atoms with van der Waals surface area (Å²) in [5, 5.41) is 2.39. The van der Waals surface area contributed by atoms with Gasteiger partial charge in [-0.05, 0) is 29.3 Å². The molecule has 0 heterocycles. The fourth-order valence-electron chi connectivity index (χ4n) is 2.09. The Bertz CT molecular complexity index is 533. The first-order valence-corrected chi connectivity index (χ1v) is 8.00. The van der Waals surface area contributed by atoms with Crippen molar-refractivity contribution in [2.24, 2.45) is 0 Å². The second kappa shape index (κ2) is 6.69. The van der Waals surface area contributed by atoms with Gasteiger partial charge in [-0.15, -0.1) is 0 Å². The van der Waals surface area contributed by atoms with E-state index in [1.807, 2.05) is 18.2 Å². The predicted molar refractivity (Wildman–Crippen MR) is 79.4 cm³/mol. The van der Waals surface area contributed by atoms with E-state index in [0.717, 1.165) is 17.1 Å². The van der Waals surface area contributed by atoms with Gasteiger partial charge in [-0.2, -0.15) is 0 Å². The lowest BCUT2D eigenvalue weighted by Gasteiger charge is -2.04. The number of hydrogen-bond acceptors (Lipinski definition) is 1. The lowest BCUT2D eigenvalue weighted by molar-refractivity contribution is 0.668. The van der Waals surface area contributed by atoms with Gasteiger partial charge in [0.2, 0.25) is 0 Å². The quantitative estimate of drug-likeness (QED) is 0.697. The molecule has 0 aromatic heterocycles. The molecule has 1 unspecified atom stereocenters. The van der Waals surface area contributed by atoms with E-state index in [2.05, 4.69) is 31.2 Å². The van der Waals surface area contributed by atoms with Crippen molar-refractivity contribution in [3.8, 4) is 0 Å². The van der Waals surface area contributed by atoms with Gasteiger partial charge in [0, 0.05) is 10.6 Å². The van der Waals surface area contributed by atoms with Gasteiger partial charge in [0.15, 0.2) is 0 Å². The monoisotopic (exact) mass is 260 g/mol. The highest BCUT2D eigenvalue weighted by Gasteiger charge is 2.04. The van der Waals surface area contributed by atoms with Crippen LogP contribution in [0.5, 0.6) is 0 Å². The van der Waals surface area contributed by atoms with Crippen LogP contribution in [-0.4, -0.2) is 9.96 Å². The fourth-order valence-corrected chi connectivity index (χ4v) is 3.27. The van der Waals surface area contributed by atoms with Gasteiger partial charge in [0.25, 0.3) is 0 Å². The van der Waals surface area contributed by atoms with Crippen molar-refractivity contribution in [3.63, 3.8) is 0 Å². The Morgan fingerprint density at radius 3 is 2.50 bits per heavy atom. The van der Waals surface area contributed by atoms with Gasteiger partial charge < -0.3 is 0 Å². The van der Waals surface area contributed by atoms with Crippen LogP contribution in [-0.2, 0) is 10.8 Å². The molecule has 2 heteroatoms. The lowest BCUT2D eigenvalue weighted by Crippen LogP contribution is -1.98. The average Bonchev–Trinajstić information content (AvgIpc) is 2.43. The first kappa shape index (κ1) is 13.3. The molecule has 0 radical (unpaired) electrons. The zero-order valence-electron chi connectivity index (χ0n) is 10.9. The van der Waals surface area contributed by atoms with E-state index in [1.165, 1.54) is 30.0 Å². The second-order valence-corrected chi connectivity index (χ2v) is 6.19. The molecule has 2 aromatic carbocycles. The summed E-state index contributed by atoms with van der Waals surface area (Å²) in [5.74, 6) is 0.790. The third-order valence-electron chi connectivity index (χ3n) is 3.17. The minimum absolute atomic E-state index is 0.790. The van der Waals surface area contributed by atoms with E-state index < -0.39 is 10.8 Å². The molecule has 0 spiro atoms. The largest absolute Gasteiger partial charge is 0.254 e. The van der Waals surface area contributed by atoms with Crippen LogP contribution >= 0.6 is 0 Å². The fraction of sp³-hybridized carbons (Fsp3) is 0.375. The second-order valence-electron chi connectivity index (χ2n) is 4.62. The summed E-state index contributed by atoms with van der Waals surface area (Å²) < 4.78 is 12.2. The molecule has 18 heavy (non-hydrogen) atoms. The van der Waals surface area contributed by atoms with Crippen LogP contribution in [0, 0.1) is 0 Å². The van der Waals surface area contributed by atoms with Crippen LogP contribution in [0.4, 0.5) is 0 Å². The minimum atomic E-state index is -0.843. The standard InChI is InChI=1S/C16H20OS/c1-2-3-4-7-12-18(17)16-11-10-14-8-5-6-9-15(14)13-16/h5-6,8-11,13H,2-4,7,12H2,1H3. The maximum Gasteiger partial charge on any atom is 0.0529 e. The normalized spacial score (nSPS) is 12.7. The first-order chi connectivity index (χ1) is 8.81. The SMILES string of the molecule is CCCCCCS(=O)c1ccc2ccccc2c1. The summed E-state index contributed by atoms with van der Waals surface area (Å²) >= 11 is 0. The van der Waals surface area contributed by atoms with E-state index in [-0.39, 0.29) is 0 Å². The summed E-state index contributed by atoms with van der Waals surface area (Å²) in [7, 11) is -0.843. The molecule has 0 saturated heterocycles. The van der Waals surface area contributed by atoms with Crippen molar-refractivity contribution in [1.29, 1.82) is 0 Å². The Balaban J connectivity index is 2.04. The molecule has 0 aliphatic carbocycles. The predicted octanol–water partition coefficient (Wildman–Crippen LogP) is 4.53. The number of unbranched alkanes of at least 4 members (excludes halogenated alkanes) is 3. The number of rotatable bonds is 6. The van der Waals surface area contributed by atoms with E-state index in [4.69, 9.17) is 0 Å². The molecule has 0 N–H and O–H groups in total. The smallest absolute Gasteiger partial charge is 0.0529 e. The first-order valence-electron chi connectivity index (χ1n) is 6.68. The van der Waals surface area contributed by atoms with Crippen molar-refractivity contribution in [2.75, 3.05) is 5.75 Å². The van der Waals surface area contributed by atoms with Gasteiger partial charge in [-0.1, -0.05) is 56.5 Å². The van der Waals surface area contributed by atoms with Gasteiger partial charge in [-0.25, -0.2) is 0 Å². The molecule has 2 rings (SSSR count). The maximum absolute atomic E-state index is 12.2. The number of hydrogen-bond donors (Lipinski definition) is 0. The molecule has 1 atom stereocenters. The Morgan fingerprint density at radius 1 is 0.944 bits per heavy atom. The lowest BCUT2D eigenvalue weighted by atomic mass is 10.1. The molecule has 96 valence electrons. The third kappa shape index (κ3) is 3.42. The highest BCUT2D eigenvalue weighted by Crippen LogP contribution is 2.18. The topological polar surface area (TPSA) is 17.1 Å². The minimum Gasteiger partial charge on any atom is -0.254 e. The molecule has 0 bridgehead atoms. The van der Waals surface area contributed by atoms with Crippen LogP contribution in [0.1, 0.15) is 32.6 Å². The van der Waals surface area contributed by atoms with Gasteiger partial charge in [0.1, 0.15) is 0 Å². The Labute approximate surface area is 112 Å². The van der Waals surface area contributed by atoms with Crippen LogP contribution in [0.2, 0.25) is 0 Å².